The lowest BCUT2D eigenvalue weighted by Gasteiger charge is -2.28. The van der Waals surface area contributed by atoms with Crippen LogP contribution in [0.4, 0.5) is 5.95 Å². The van der Waals surface area contributed by atoms with E-state index in [-0.39, 0.29) is 0 Å². The second-order valence-electron chi connectivity index (χ2n) is 6.90. The van der Waals surface area contributed by atoms with E-state index >= 15 is 0 Å². The number of rotatable bonds is 7. The highest BCUT2D eigenvalue weighted by Crippen LogP contribution is 2.28. The van der Waals surface area contributed by atoms with E-state index in [2.05, 4.69) is 37.0 Å². The number of ether oxygens (including phenoxy) is 1. The fourth-order valence-corrected chi connectivity index (χ4v) is 4.16. The van der Waals surface area contributed by atoms with E-state index in [4.69, 9.17) is 13.7 Å². The predicted octanol–water partition coefficient (Wildman–Crippen LogP) is 3.70. The number of aromatic nitrogens is 4. The molecule has 0 atom stereocenters. The Kier molecular flexibility index (Phi) is 5.54. The number of thioether (sulfide) groups is 1. The van der Waals surface area contributed by atoms with Crippen molar-refractivity contribution >= 4 is 17.7 Å². The summed E-state index contributed by atoms with van der Waals surface area (Å²) < 4.78 is 18.4. The number of furan rings is 1. The van der Waals surface area contributed by atoms with Gasteiger partial charge in [-0.3, -0.25) is 4.57 Å². The lowest BCUT2D eigenvalue weighted by atomic mass is 10.2. The van der Waals surface area contributed by atoms with Crippen LogP contribution in [0.3, 0.4) is 0 Å². The Labute approximate surface area is 177 Å². The Hall–Kier alpha value is -3.04. The van der Waals surface area contributed by atoms with E-state index in [1.165, 1.54) is 5.56 Å². The summed E-state index contributed by atoms with van der Waals surface area (Å²) in [5, 5.41) is 14.0. The minimum Gasteiger partial charge on any atom is -0.461 e. The van der Waals surface area contributed by atoms with Gasteiger partial charge in [0.15, 0.2) is 10.9 Å². The van der Waals surface area contributed by atoms with Gasteiger partial charge in [0, 0.05) is 24.9 Å². The molecule has 8 nitrogen and oxygen atoms in total. The zero-order valence-electron chi connectivity index (χ0n) is 16.3. The van der Waals surface area contributed by atoms with Crippen LogP contribution in [-0.2, 0) is 17.0 Å². The molecule has 1 aliphatic heterocycles. The molecule has 0 N–H and O–H groups in total. The molecule has 0 aliphatic carbocycles. The number of morpholine rings is 1. The fraction of sp³-hybridized carbons (Fsp3) is 0.286. The molecule has 3 aromatic heterocycles. The third-order valence-electron chi connectivity index (χ3n) is 4.85. The summed E-state index contributed by atoms with van der Waals surface area (Å²) in [5.41, 5.74) is 2.03. The van der Waals surface area contributed by atoms with Crippen LogP contribution in [0.1, 0.15) is 11.3 Å². The Morgan fingerprint density at radius 2 is 1.83 bits per heavy atom. The van der Waals surface area contributed by atoms with Crippen LogP contribution in [0.25, 0.3) is 11.5 Å². The number of nitrogens with zero attached hydrogens (tertiary/aromatic N) is 5. The van der Waals surface area contributed by atoms with E-state index < -0.39 is 0 Å². The van der Waals surface area contributed by atoms with Gasteiger partial charge in [0.1, 0.15) is 0 Å². The molecule has 5 rings (SSSR count). The first-order chi connectivity index (χ1) is 14.9. The average Bonchev–Trinajstić information content (AvgIpc) is 3.55. The van der Waals surface area contributed by atoms with Gasteiger partial charge in [-0.1, -0.05) is 47.3 Å². The van der Waals surface area contributed by atoms with Gasteiger partial charge in [-0.05, 0) is 17.7 Å². The summed E-state index contributed by atoms with van der Waals surface area (Å²) in [4.78, 5) is 2.23. The Morgan fingerprint density at radius 3 is 2.63 bits per heavy atom. The summed E-state index contributed by atoms with van der Waals surface area (Å²) in [6.07, 6.45) is 1.62. The van der Waals surface area contributed by atoms with Crippen molar-refractivity contribution in [2.24, 2.45) is 0 Å². The van der Waals surface area contributed by atoms with Gasteiger partial charge in [-0.15, -0.1) is 10.2 Å². The molecule has 154 valence electrons. The first-order valence-corrected chi connectivity index (χ1v) is 10.8. The molecule has 9 heteroatoms. The Bertz CT molecular complexity index is 1070. The summed E-state index contributed by atoms with van der Waals surface area (Å²) >= 11 is 1.59. The van der Waals surface area contributed by atoms with E-state index in [0.29, 0.717) is 37.0 Å². The Balaban J connectivity index is 1.36. The normalized spacial score (nSPS) is 14.3. The molecule has 1 aliphatic rings. The van der Waals surface area contributed by atoms with Crippen molar-refractivity contribution in [2.45, 2.75) is 17.5 Å². The predicted molar refractivity (Wildman–Crippen MR) is 112 cm³/mol. The first kappa shape index (κ1) is 19.0. The monoisotopic (exact) mass is 423 g/mol. The smallest absolute Gasteiger partial charge is 0.228 e. The van der Waals surface area contributed by atoms with Gasteiger partial charge in [0.05, 0.1) is 31.7 Å². The van der Waals surface area contributed by atoms with Gasteiger partial charge in [0.2, 0.25) is 11.7 Å². The molecule has 0 amide bonds. The maximum absolute atomic E-state index is 5.49. The van der Waals surface area contributed by atoms with Crippen LogP contribution >= 0.6 is 11.8 Å². The SMILES string of the molecule is c1ccc(Cn2c(SCc3cc(-c4ccco4)on3)nnc2N2CCOCC2)cc1. The van der Waals surface area contributed by atoms with Crippen LogP contribution < -0.4 is 4.90 Å². The van der Waals surface area contributed by atoms with Crippen molar-refractivity contribution in [3.63, 3.8) is 0 Å². The molecular weight excluding hydrogens is 402 g/mol. The molecule has 0 spiro atoms. The van der Waals surface area contributed by atoms with Gasteiger partial charge < -0.3 is 18.6 Å². The maximum Gasteiger partial charge on any atom is 0.228 e. The largest absolute Gasteiger partial charge is 0.461 e. The quantitative estimate of drug-likeness (QED) is 0.416. The summed E-state index contributed by atoms with van der Waals surface area (Å²) in [6, 6.07) is 15.9. The van der Waals surface area contributed by atoms with Crippen molar-refractivity contribution in [1.29, 1.82) is 0 Å². The standard InChI is InChI=1S/C21H21N5O3S/c1-2-5-16(6-3-1)14-26-20(25-8-11-27-12-9-25)22-23-21(26)30-15-17-13-19(29-24-17)18-7-4-10-28-18/h1-7,10,13H,8-9,11-12,14-15H2. The van der Waals surface area contributed by atoms with E-state index in [9.17, 15) is 0 Å². The molecule has 0 unspecified atom stereocenters. The van der Waals surface area contributed by atoms with Crippen LogP contribution in [0, 0.1) is 0 Å². The van der Waals surface area contributed by atoms with E-state index in [1.807, 2.05) is 36.4 Å². The third kappa shape index (κ3) is 4.12. The highest BCUT2D eigenvalue weighted by atomic mass is 32.2. The second-order valence-corrected chi connectivity index (χ2v) is 7.84. The highest BCUT2D eigenvalue weighted by molar-refractivity contribution is 7.98. The van der Waals surface area contributed by atoms with Gasteiger partial charge in [0.25, 0.3) is 0 Å². The number of hydrogen-bond donors (Lipinski definition) is 0. The fourth-order valence-electron chi connectivity index (χ4n) is 3.34. The summed E-state index contributed by atoms with van der Waals surface area (Å²) in [6.45, 7) is 3.74. The number of benzene rings is 1. The average molecular weight is 423 g/mol. The molecule has 4 aromatic rings. The second kappa shape index (κ2) is 8.76. The van der Waals surface area contributed by atoms with Crippen molar-refractivity contribution in [2.75, 3.05) is 31.2 Å². The van der Waals surface area contributed by atoms with Gasteiger partial charge in [-0.2, -0.15) is 0 Å². The van der Waals surface area contributed by atoms with Crippen LogP contribution in [0.5, 0.6) is 0 Å². The summed E-state index contributed by atoms with van der Waals surface area (Å²) in [7, 11) is 0. The van der Waals surface area contributed by atoms with E-state index in [1.54, 1.807) is 18.0 Å². The third-order valence-corrected chi connectivity index (χ3v) is 5.85. The van der Waals surface area contributed by atoms with Crippen molar-refractivity contribution in [3.8, 4) is 11.5 Å². The van der Waals surface area contributed by atoms with Gasteiger partial charge >= 0.3 is 0 Å². The van der Waals surface area contributed by atoms with Crippen molar-refractivity contribution in [1.82, 2.24) is 19.9 Å². The first-order valence-electron chi connectivity index (χ1n) is 9.79. The molecule has 1 saturated heterocycles. The number of anilines is 1. The molecule has 4 heterocycles. The molecule has 0 saturated carbocycles. The minimum absolute atomic E-state index is 0.621. The molecule has 0 bridgehead atoms. The number of hydrogen-bond acceptors (Lipinski definition) is 8. The molecule has 1 aromatic carbocycles. The van der Waals surface area contributed by atoms with Crippen LogP contribution in [0.2, 0.25) is 0 Å². The van der Waals surface area contributed by atoms with Crippen molar-refractivity contribution in [3.05, 3.63) is 66.1 Å². The lowest BCUT2D eigenvalue weighted by molar-refractivity contribution is 0.121. The maximum atomic E-state index is 5.49. The molecule has 0 radical (unpaired) electrons. The Morgan fingerprint density at radius 1 is 0.967 bits per heavy atom. The minimum atomic E-state index is 0.621. The molecular formula is C21H21N5O3S. The van der Waals surface area contributed by atoms with Gasteiger partial charge in [-0.25, -0.2) is 0 Å². The topological polar surface area (TPSA) is 82.3 Å². The molecule has 1 fully saturated rings. The van der Waals surface area contributed by atoms with E-state index in [0.717, 1.165) is 29.9 Å². The highest BCUT2D eigenvalue weighted by Gasteiger charge is 2.21. The van der Waals surface area contributed by atoms with Crippen LogP contribution in [0.15, 0.2) is 68.9 Å². The zero-order chi connectivity index (χ0) is 20.2. The summed E-state index contributed by atoms with van der Waals surface area (Å²) in [5.74, 6) is 2.79. The van der Waals surface area contributed by atoms with Crippen LogP contribution in [-0.4, -0.2) is 46.2 Å². The van der Waals surface area contributed by atoms with Crippen molar-refractivity contribution < 1.29 is 13.7 Å². The molecule has 30 heavy (non-hydrogen) atoms. The lowest BCUT2D eigenvalue weighted by Crippen LogP contribution is -2.38. The zero-order valence-corrected chi connectivity index (χ0v) is 17.1.